The third-order valence-corrected chi connectivity index (χ3v) is 3.84. The molecule has 1 unspecified atom stereocenters. The molecule has 0 amide bonds. The van der Waals surface area contributed by atoms with E-state index in [4.69, 9.17) is 4.74 Å². The van der Waals surface area contributed by atoms with Crippen LogP contribution in [0.4, 0.5) is 0 Å². The van der Waals surface area contributed by atoms with E-state index in [-0.39, 0.29) is 25.1 Å². The van der Waals surface area contributed by atoms with E-state index in [0.717, 1.165) is 6.54 Å². The molecule has 0 aliphatic rings. The molecule has 0 bridgehead atoms. The molecule has 0 spiro atoms. The van der Waals surface area contributed by atoms with Gasteiger partial charge in [0.1, 0.15) is 0 Å². The molecule has 7 heteroatoms. The Bertz CT molecular complexity index is 259. The molecular weight excluding hydrogens is 252 g/mol. The second-order valence-corrected chi connectivity index (χ2v) is 5.80. The van der Waals surface area contributed by atoms with Crippen molar-refractivity contribution in [1.29, 1.82) is 0 Å². The van der Waals surface area contributed by atoms with Gasteiger partial charge in [-0.2, -0.15) is 0 Å². The summed E-state index contributed by atoms with van der Waals surface area (Å²) in [7, 11) is -1.76. The number of ether oxygens (including phenoxy) is 1. The Balaban J connectivity index is 0. The van der Waals surface area contributed by atoms with Gasteiger partial charge in [-0.1, -0.05) is 6.92 Å². The number of sulfonamides is 1. The van der Waals surface area contributed by atoms with Crippen molar-refractivity contribution in [2.75, 3.05) is 26.8 Å². The molecule has 0 rings (SSSR count). The summed E-state index contributed by atoms with van der Waals surface area (Å²) in [5, 5.41) is 2.61. The Labute approximate surface area is 105 Å². The Morgan fingerprint density at radius 2 is 1.88 bits per heavy atom. The highest BCUT2D eigenvalue weighted by molar-refractivity contribution is 7.90. The zero-order valence-electron chi connectivity index (χ0n) is 10.3. The number of hydrogen-bond donors (Lipinski definition) is 2. The highest BCUT2D eigenvalue weighted by Gasteiger charge is 2.20. The smallest absolute Gasteiger partial charge is 0.216 e. The Kier molecular flexibility index (Phi) is 10.6. The Morgan fingerprint density at radius 3 is 2.31 bits per heavy atom. The summed E-state index contributed by atoms with van der Waals surface area (Å²) >= 11 is 0. The van der Waals surface area contributed by atoms with Gasteiger partial charge in [0, 0.05) is 19.7 Å². The van der Waals surface area contributed by atoms with Gasteiger partial charge in [-0.3, -0.25) is 0 Å². The van der Waals surface area contributed by atoms with Gasteiger partial charge in [-0.25, -0.2) is 13.1 Å². The largest absolute Gasteiger partial charge is 0.383 e. The van der Waals surface area contributed by atoms with Crippen molar-refractivity contribution in [2.24, 2.45) is 0 Å². The van der Waals surface area contributed by atoms with Crippen LogP contribution in [-0.2, 0) is 14.8 Å². The maximum Gasteiger partial charge on any atom is 0.216 e. The number of halogens is 1. The fraction of sp³-hybridized carbons (Fsp3) is 1.00. The summed E-state index contributed by atoms with van der Waals surface area (Å²) in [6.07, 6.45) is 0. The lowest BCUT2D eigenvalue weighted by Gasteiger charge is -2.16. The van der Waals surface area contributed by atoms with Gasteiger partial charge in [0.15, 0.2) is 0 Å². The number of likely N-dealkylation sites (N-methyl/N-ethyl adjacent to an activating group) is 1. The van der Waals surface area contributed by atoms with Crippen molar-refractivity contribution in [3.63, 3.8) is 0 Å². The van der Waals surface area contributed by atoms with Crippen LogP contribution in [0.5, 0.6) is 0 Å². The van der Waals surface area contributed by atoms with Gasteiger partial charge in [-0.05, 0) is 20.4 Å². The summed E-state index contributed by atoms with van der Waals surface area (Å²) in [5.74, 6) is 0. The number of hydrogen-bond acceptors (Lipinski definition) is 4. The molecule has 0 aliphatic carbocycles. The van der Waals surface area contributed by atoms with E-state index in [0.29, 0.717) is 6.54 Å². The molecule has 100 valence electrons. The predicted octanol–water partition coefficient (Wildman–Crippen LogP) is 0.361. The van der Waals surface area contributed by atoms with Crippen LogP contribution in [0.3, 0.4) is 0 Å². The topological polar surface area (TPSA) is 67.4 Å². The summed E-state index contributed by atoms with van der Waals surface area (Å²) < 4.78 is 30.6. The average Bonchev–Trinajstić information content (AvgIpc) is 2.16. The molecule has 0 aromatic carbocycles. The van der Waals surface area contributed by atoms with Crippen molar-refractivity contribution in [3.8, 4) is 0 Å². The maximum absolute atomic E-state index is 11.6. The fourth-order valence-electron chi connectivity index (χ4n) is 1.13. The first kappa shape index (κ1) is 18.5. The standard InChI is InChI=1S/C9H22N2O3S.ClH/c1-5-10-8(2)6-11-15(12,13)9(3)7-14-4;/h8-11H,5-7H2,1-4H3;1H/t8-,9?;/m1./s1. The number of rotatable bonds is 8. The first-order chi connectivity index (χ1) is 6.94. The molecule has 2 atom stereocenters. The van der Waals surface area contributed by atoms with Crippen molar-refractivity contribution in [3.05, 3.63) is 0 Å². The van der Waals surface area contributed by atoms with E-state index in [1.165, 1.54) is 7.11 Å². The SMILES string of the molecule is CCN[C@H](C)CNS(=O)(=O)C(C)COC.Cl. The fourth-order valence-corrected chi connectivity index (χ4v) is 2.21. The Morgan fingerprint density at radius 1 is 1.31 bits per heavy atom. The van der Waals surface area contributed by atoms with Crippen molar-refractivity contribution in [2.45, 2.75) is 32.1 Å². The molecule has 5 nitrogen and oxygen atoms in total. The first-order valence-corrected chi connectivity index (χ1v) is 6.69. The van der Waals surface area contributed by atoms with Crippen LogP contribution < -0.4 is 10.0 Å². The van der Waals surface area contributed by atoms with Gasteiger partial charge in [0.2, 0.25) is 10.0 Å². The lowest BCUT2D eigenvalue weighted by molar-refractivity contribution is 0.200. The van der Waals surface area contributed by atoms with Crippen LogP contribution in [0, 0.1) is 0 Å². The van der Waals surface area contributed by atoms with E-state index in [2.05, 4.69) is 10.0 Å². The van der Waals surface area contributed by atoms with E-state index >= 15 is 0 Å². The van der Waals surface area contributed by atoms with Gasteiger partial charge in [-0.15, -0.1) is 12.4 Å². The van der Waals surface area contributed by atoms with Crippen LogP contribution in [0.2, 0.25) is 0 Å². The second-order valence-electron chi connectivity index (χ2n) is 3.62. The van der Waals surface area contributed by atoms with Gasteiger partial charge in [0.05, 0.1) is 11.9 Å². The molecule has 0 fully saturated rings. The third-order valence-electron chi connectivity index (χ3n) is 2.07. The highest BCUT2D eigenvalue weighted by atomic mass is 35.5. The minimum Gasteiger partial charge on any atom is -0.383 e. The summed E-state index contributed by atoms with van der Waals surface area (Å²) in [4.78, 5) is 0. The first-order valence-electron chi connectivity index (χ1n) is 5.14. The molecule has 0 saturated heterocycles. The Hall–Kier alpha value is 0.120. The van der Waals surface area contributed by atoms with Crippen LogP contribution >= 0.6 is 12.4 Å². The second kappa shape index (κ2) is 9.18. The van der Waals surface area contributed by atoms with Crippen LogP contribution in [0.25, 0.3) is 0 Å². The molecule has 0 saturated carbocycles. The number of methoxy groups -OCH3 is 1. The van der Waals surface area contributed by atoms with Gasteiger partial charge < -0.3 is 10.1 Å². The minimum atomic E-state index is -3.25. The van der Waals surface area contributed by atoms with Crippen molar-refractivity contribution < 1.29 is 13.2 Å². The van der Waals surface area contributed by atoms with Gasteiger partial charge >= 0.3 is 0 Å². The normalized spacial score (nSPS) is 15.2. The zero-order valence-corrected chi connectivity index (χ0v) is 12.0. The molecule has 0 heterocycles. The summed E-state index contributed by atoms with van der Waals surface area (Å²) in [5.41, 5.74) is 0. The molecule has 0 aromatic rings. The molecule has 0 aromatic heterocycles. The molecular formula is C9H23ClN2O3S. The van der Waals surface area contributed by atoms with Crippen LogP contribution in [0.15, 0.2) is 0 Å². The van der Waals surface area contributed by atoms with Crippen molar-refractivity contribution >= 4 is 22.4 Å². The molecule has 0 radical (unpaired) electrons. The summed E-state index contributed by atoms with van der Waals surface area (Å²) in [6.45, 7) is 7.00. The third kappa shape index (κ3) is 7.40. The molecule has 16 heavy (non-hydrogen) atoms. The van der Waals surface area contributed by atoms with E-state index in [9.17, 15) is 8.42 Å². The van der Waals surface area contributed by atoms with E-state index in [1.807, 2.05) is 13.8 Å². The quantitative estimate of drug-likeness (QED) is 0.671. The predicted molar refractivity (Wildman–Crippen MR) is 68.6 cm³/mol. The molecule has 0 aliphatic heterocycles. The van der Waals surface area contributed by atoms with Crippen LogP contribution in [-0.4, -0.2) is 46.5 Å². The van der Waals surface area contributed by atoms with E-state index < -0.39 is 15.3 Å². The lowest BCUT2D eigenvalue weighted by Crippen LogP contribution is -2.42. The highest BCUT2D eigenvalue weighted by Crippen LogP contribution is 1.98. The monoisotopic (exact) mass is 274 g/mol. The van der Waals surface area contributed by atoms with Crippen molar-refractivity contribution in [1.82, 2.24) is 10.0 Å². The summed E-state index contributed by atoms with van der Waals surface area (Å²) in [6, 6.07) is 0.138. The van der Waals surface area contributed by atoms with Crippen LogP contribution in [0.1, 0.15) is 20.8 Å². The van der Waals surface area contributed by atoms with Gasteiger partial charge in [0.25, 0.3) is 0 Å². The average molecular weight is 275 g/mol. The minimum absolute atomic E-state index is 0. The number of nitrogens with one attached hydrogen (secondary N) is 2. The van der Waals surface area contributed by atoms with E-state index in [1.54, 1.807) is 6.92 Å². The lowest BCUT2D eigenvalue weighted by atomic mass is 10.3. The maximum atomic E-state index is 11.6. The molecule has 2 N–H and O–H groups in total. The zero-order chi connectivity index (χ0) is 11.9.